The molecular formula is C17H22N8S. The zero-order valence-electron chi connectivity index (χ0n) is 15.2. The van der Waals surface area contributed by atoms with Gasteiger partial charge in [0.2, 0.25) is 5.13 Å². The average Bonchev–Trinajstić information content (AvgIpc) is 3.30. The Hall–Kier alpha value is -2.39. The Morgan fingerprint density at radius 3 is 2.88 bits per heavy atom. The molecule has 9 heteroatoms. The van der Waals surface area contributed by atoms with Gasteiger partial charge in [-0.1, -0.05) is 11.3 Å². The molecule has 8 nitrogen and oxygen atoms in total. The van der Waals surface area contributed by atoms with Gasteiger partial charge >= 0.3 is 0 Å². The van der Waals surface area contributed by atoms with E-state index in [1.807, 2.05) is 37.8 Å². The number of hydrogen-bond donors (Lipinski definition) is 1. The van der Waals surface area contributed by atoms with Crippen LogP contribution in [0.3, 0.4) is 0 Å². The Morgan fingerprint density at radius 1 is 1.27 bits per heavy atom. The number of anilines is 2. The molecule has 1 atom stereocenters. The third-order valence-electron chi connectivity index (χ3n) is 4.47. The van der Waals surface area contributed by atoms with Crippen molar-refractivity contribution in [3.05, 3.63) is 40.5 Å². The van der Waals surface area contributed by atoms with Crippen molar-refractivity contribution in [2.75, 3.05) is 11.9 Å². The molecule has 136 valence electrons. The Morgan fingerprint density at radius 2 is 2.15 bits per heavy atom. The maximum Gasteiger partial charge on any atom is 0.211 e. The number of nitrogens with one attached hydrogen (secondary N) is 1. The molecule has 0 unspecified atom stereocenters. The third kappa shape index (κ3) is 3.73. The van der Waals surface area contributed by atoms with E-state index in [2.05, 4.69) is 36.7 Å². The normalized spacial score (nSPS) is 17.7. The van der Waals surface area contributed by atoms with E-state index in [1.54, 1.807) is 0 Å². The molecule has 0 spiro atoms. The van der Waals surface area contributed by atoms with Gasteiger partial charge in [0.1, 0.15) is 16.6 Å². The Balaban J connectivity index is 1.55. The van der Waals surface area contributed by atoms with Gasteiger partial charge in [-0.05, 0) is 33.2 Å². The van der Waals surface area contributed by atoms with Crippen LogP contribution in [0.5, 0.6) is 0 Å². The van der Waals surface area contributed by atoms with Crippen LogP contribution in [0, 0.1) is 13.8 Å². The van der Waals surface area contributed by atoms with Gasteiger partial charge in [-0.2, -0.15) is 5.10 Å². The highest BCUT2D eigenvalue weighted by atomic mass is 32.1. The molecule has 0 bridgehead atoms. The predicted octanol–water partition coefficient (Wildman–Crippen LogP) is 2.76. The summed E-state index contributed by atoms with van der Waals surface area (Å²) in [5.41, 5.74) is 2.29. The maximum atomic E-state index is 4.71. The molecule has 0 amide bonds. The summed E-state index contributed by atoms with van der Waals surface area (Å²) < 4.78 is 1.85. The van der Waals surface area contributed by atoms with Gasteiger partial charge in [0.05, 0.1) is 17.9 Å². The van der Waals surface area contributed by atoms with Crippen LogP contribution in [0.1, 0.15) is 41.0 Å². The van der Waals surface area contributed by atoms with Crippen molar-refractivity contribution in [2.45, 2.75) is 39.3 Å². The van der Waals surface area contributed by atoms with Gasteiger partial charge in [-0.25, -0.2) is 9.97 Å². The number of likely N-dealkylation sites (tertiary alicyclic amines) is 1. The van der Waals surface area contributed by atoms with Gasteiger partial charge in [-0.15, -0.1) is 10.2 Å². The highest BCUT2D eigenvalue weighted by Crippen LogP contribution is 2.33. The van der Waals surface area contributed by atoms with E-state index in [9.17, 15) is 0 Å². The lowest BCUT2D eigenvalue weighted by Gasteiger charge is -2.24. The third-order valence-corrected chi connectivity index (χ3v) is 5.22. The molecule has 0 radical (unpaired) electrons. The highest BCUT2D eigenvalue weighted by Gasteiger charge is 2.28. The molecule has 0 aliphatic carbocycles. The number of aryl methyl sites for hydroxylation is 3. The van der Waals surface area contributed by atoms with Crippen LogP contribution in [0.15, 0.2) is 18.5 Å². The molecular weight excluding hydrogens is 348 g/mol. The maximum absolute atomic E-state index is 4.71. The van der Waals surface area contributed by atoms with Crippen molar-refractivity contribution in [1.82, 2.24) is 34.8 Å². The monoisotopic (exact) mass is 370 g/mol. The summed E-state index contributed by atoms with van der Waals surface area (Å²) in [5, 5.41) is 17.4. The number of hydrogen-bond acceptors (Lipinski definition) is 8. The molecule has 0 aromatic carbocycles. The van der Waals surface area contributed by atoms with Gasteiger partial charge < -0.3 is 5.32 Å². The highest BCUT2D eigenvalue weighted by molar-refractivity contribution is 7.15. The molecule has 0 saturated carbocycles. The van der Waals surface area contributed by atoms with E-state index in [4.69, 9.17) is 4.98 Å². The first-order valence-electron chi connectivity index (χ1n) is 8.71. The average molecular weight is 370 g/mol. The smallest absolute Gasteiger partial charge is 0.211 e. The van der Waals surface area contributed by atoms with E-state index in [-0.39, 0.29) is 0 Å². The number of aromatic nitrogens is 6. The lowest BCUT2D eigenvalue weighted by Crippen LogP contribution is -2.23. The van der Waals surface area contributed by atoms with Crippen molar-refractivity contribution >= 4 is 22.3 Å². The van der Waals surface area contributed by atoms with Crippen molar-refractivity contribution in [3.63, 3.8) is 0 Å². The van der Waals surface area contributed by atoms with Gasteiger partial charge in [0.25, 0.3) is 0 Å². The van der Waals surface area contributed by atoms with E-state index in [1.165, 1.54) is 23.3 Å². The van der Waals surface area contributed by atoms with Crippen molar-refractivity contribution in [3.8, 4) is 0 Å². The van der Waals surface area contributed by atoms with Gasteiger partial charge in [0.15, 0.2) is 0 Å². The number of nitrogens with zero attached hydrogens (tertiary/aromatic N) is 7. The predicted molar refractivity (Wildman–Crippen MR) is 100 cm³/mol. The van der Waals surface area contributed by atoms with E-state index in [0.717, 1.165) is 47.0 Å². The Labute approximate surface area is 156 Å². The molecule has 26 heavy (non-hydrogen) atoms. The molecule has 3 aromatic heterocycles. The summed E-state index contributed by atoms with van der Waals surface area (Å²) in [7, 11) is 1.95. The molecule has 1 fully saturated rings. The first-order chi connectivity index (χ1) is 12.6. The zero-order valence-corrected chi connectivity index (χ0v) is 16.0. The van der Waals surface area contributed by atoms with Crippen LogP contribution in [0.25, 0.3) is 0 Å². The van der Waals surface area contributed by atoms with Crippen LogP contribution >= 0.6 is 11.3 Å². The van der Waals surface area contributed by atoms with Crippen molar-refractivity contribution in [1.29, 1.82) is 0 Å². The molecule has 1 aliphatic rings. The molecule has 1 N–H and O–H groups in total. The molecule has 4 rings (SSSR count). The van der Waals surface area contributed by atoms with E-state index in [0.29, 0.717) is 6.04 Å². The fraction of sp³-hybridized carbons (Fsp3) is 0.471. The largest absolute Gasteiger partial charge is 0.315 e. The molecule has 3 aromatic rings. The molecule has 1 aliphatic heterocycles. The second-order valence-electron chi connectivity index (χ2n) is 6.63. The quantitative estimate of drug-likeness (QED) is 0.739. The Kier molecular flexibility index (Phi) is 4.64. The number of rotatable bonds is 5. The zero-order chi connectivity index (χ0) is 18.1. The van der Waals surface area contributed by atoms with Crippen molar-refractivity contribution < 1.29 is 0 Å². The van der Waals surface area contributed by atoms with Crippen LogP contribution < -0.4 is 5.32 Å². The lowest BCUT2D eigenvalue weighted by molar-refractivity contribution is 0.244. The van der Waals surface area contributed by atoms with Gasteiger partial charge in [-0.3, -0.25) is 9.58 Å². The molecule has 4 heterocycles. The second kappa shape index (κ2) is 7.08. The minimum atomic E-state index is 0.300. The van der Waals surface area contributed by atoms with Crippen LogP contribution in [-0.2, 0) is 13.6 Å². The van der Waals surface area contributed by atoms with Crippen molar-refractivity contribution in [2.24, 2.45) is 7.05 Å². The summed E-state index contributed by atoms with van der Waals surface area (Å²) >= 11 is 1.52. The van der Waals surface area contributed by atoms with Crippen LogP contribution in [0.2, 0.25) is 0 Å². The lowest BCUT2D eigenvalue weighted by atomic mass is 10.1. The summed E-state index contributed by atoms with van der Waals surface area (Å²) in [6.07, 6.45) is 6.29. The summed E-state index contributed by atoms with van der Waals surface area (Å²) in [5.74, 6) is 1.54. The standard InChI is InChI=1S/C17H22N8S/c1-11-19-14(7-16(20-11)21-17-23-22-12(2)26-17)15-5-4-6-25(15)10-13-8-18-24(3)9-13/h7-9,15H,4-6,10H2,1-3H3,(H,19,20,21,23)/t15-/m1/s1. The fourth-order valence-corrected chi connectivity index (χ4v) is 4.02. The molecule has 1 saturated heterocycles. The van der Waals surface area contributed by atoms with Crippen LogP contribution in [-0.4, -0.2) is 41.4 Å². The van der Waals surface area contributed by atoms with Gasteiger partial charge in [0, 0.05) is 31.4 Å². The SMILES string of the molecule is Cc1nc(Nc2nnc(C)s2)cc([C@H]2CCCN2Cc2cnn(C)c2)n1. The summed E-state index contributed by atoms with van der Waals surface area (Å²) in [6, 6.07) is 2.34. The fourth-order valence-electron chi connectivity index (χ4n) is 3.42. The van der Waals surface area contributed by atoms with E-state index >= 15 is 0 Å². The summed E-state index contributed by atoms with van der Waals surface area (Å²) in [4.78, 5) is 11.7. The first kappa shape index (κ1) is 17.0. The minimum absolute atomic E-state index is 0.300. The van der Waals surface area contributed by atoms with E-state index < -0.39 is 0 Å². The Bertz CT molecular complexity index is 902. The topological polar surface area (TPSA) is 84.7 Å². The van der Waals surface area contributed by atoms with Crippen LogP contribution in [0.4, 0.5) is 10.9 Å². The minimum Gasteiger partial charge on any atom is -0.315 e. The second-order valence-corrected chi connectivity index (χ2v) is 7.81. The summed E-state index contributed by atoms with van der Waals surface area (Å²) in [6.45, 7) is 5.83. The first-order valence-corrected chi connectivity index (χ1v) is 9.53.